The number of hydrogen-bond acceptors (Lipinski definition) is 3. The van der Waals surface area contributed by atoms with Crippen molar-refractivity contribution in [1.29, 1.82) is 0 Å². The van der Waals surface area contributed by atoms with Gasteiger partial charge in [0.15, 0.2) is 0 Å². The van der Waals surface area contributed by atoms with E-state index in [1.807, 2.05) is 24.3 Å². The molecule has 0 aliphatic heterocycles. The molecule has 0 spiro atoms. The van der Waals surface area contributed by atoms with Crippen LogP contribution in [0.3, 0.4) is 0 Å². The maximum absolute atomic E-state index is 11.1. The van der Waals surface area contributed by atoms with E-state index in [0.717, 1.165) is 44.9 Å². The lowest BCUT2D eigenvalue weighted by Gasteiger charge is -2.13. The van der Waals surface area contributed by atoms with Crippen molar-refractivity contribution in [3.05, 3.63) is 90.2 Å². The number of carboxylic acids is 1. The summed E-state index contributed by atoms with van der Waals surface area (Å²) in [6.45, 7) is 4.34. The summed E-state index contributed by atoms with van der Waals surface area (Å²) >= 11 is 0. The van der Waals surface area contributed by atoms with Crippen LogP contribution in [0, 0.1) is 0 Å². The summed E-state index contributed by atoms with van der Waals surface area (Å²) in [6.07, 6.45) is 1.68. The Labute approximate surface area is 185 Å². The van der Waals surface area contributed by atoms with Crippen LogP contribution >= 0.6 is 0 Å². The molecule has 2 aromatic carbocycles. The number of fused-ring (bicyclic) bond motifs is 1. The fourth-order valence-electron chi connectivity index (χ4n) is 4.02. The van der Waals surface area contributed by atoms with Gasteiger partial charge in [0.1, 0.15) is 5.76 Å². The number of carboxylic acid groups (broad SMARTS) is 1. The first-order chi connectivity index (χ1) is 15.5. The van der Waals surface area contributed by atoms with E-state index >= 15 is 0 Å². The normalized spacial score (nSPS) is 11.3. The maximum Gasteiger partial charge on any atom is 0.335 e. The van der Waals surface area contributed by atoms with Crippen LogP contribution in [0.1, 0.15) is 35.7 Å². The first kappa shape index (κ1) is 19.8. The van der Waals surface area contributed by atoms with Crippen LogP contribution in [-0.2, 0) is 0 Å². The lowest BCUT2D eigenvalue weighted by molar-refractivity contribution is 0.0697. The van der Waals surface area contributed by atoms with E-state index in [1.54, 1.807) is 30.5 Å². The van der Waals surface area contributed by atoms with Crippen LogP contribution < -0.4 is 0 Å². The molecule has 2 N–H and O–H groups in total. The van der Waals surface area contributed by atoms with Gasteiger partial charge in [-0.15, -0.1) is 0 Å². The number of aromatic nitrogens is 2. The molecule has 0 aliphatic carbocycles. The van der Waals surface area contributed by atoms with Gasteiger partial charge in [-0.2, -0.15) is 0 Å². The van der Waals surface area contributed by atoms with Crippen molar-refractivity contribution in [2.45, 2.75) is 19.8 Å². The highest BCUT2D eigenvalue weighted by molar-refractivity contribution is 5.97. The molecule has 0 saturated heterocycles. The SMILES string of the molecule is CC(C)c1cccc2c(-c3ccco3)cc(-c3ccc(-c4ccc(C(=O)O)cc4)[nH]3)nc12. The molecule has 0 amide bonds. The van der Waals surface area contributed by atoms with Crippen molar-refractivity contribution in [2.75, 3.05) is 0 Å². The number of benzene rings is 2. The molecule has 5 heteroatoms. The number of nitrogens with zero attached hydrogens (tertiary/aromatic N) is 1. The number of hydrogen-bond donors (Lipinski definition) is 2. The topological polar surface area (TPSA) is 79.1 Å². The fourth-order valence-corrected chi connectivity index (χ4v) is 4.02. The molecule has 0 radical (unpaired) electrons. The second-order valence-electron chi connectivity index (χ2n) is 8.10. The Hall–Kier alpha value is -4.12. The average Bonchev–Trinajstić information content (AvgIpc) is 3.50. The van der Waals surface area contributed by atoms with E-state index in [0.29, 0.717) is 5.92 Å². The predicted octanol–water partition coefficient (Wildman–Crippen LogP) is 6.98. The number of H-pyrrole nitrogens is 1. The van der Waals surface area contributed by atoms with Crippen LogP contribution in [-0.4, -0.2) is 21.0 Å². The van der Waals surface area contributed by atoms with Gasteiger partial charge in [-0.05, 0) is 59.5 Å². The van der Waals surface area contributed by atoms with E-state index in [4.69, 9.17) is 14.5 Å². The summed E-state index contributed by atoms with van der Waals surface area (Å²) in [4.78, 5) is 19.6. The van der Waals surface area contributed by atoms with Gasteiger partial charge in [0.05, 0.1) is 28.7 Å². The quantitative estimate of drug-likeness (QED) is 0.320. The van der Waals surface area contributed by atoms with Gasteiger partial charge in [-0.25, -0.2) is 9.78 Å². The highest BCUT2D eigenvalue weighted by Crippen LogP contribution is 2.35. The first-order valence-electron chi connectivity index (χ1n) is 10.5. The van der Waals surface area contributed by atoms with Crippen molar-refractivity contribution >= 4 is 16.9 Å². The molecule has 0 fully saturated rings. The summed E-state index contributed by atoms with van der Waals surface area (Å²) in [6, 6.07) is 23.0. The van der Waals surface area contributed by atoms with Crippen molar-refractivity contribution in [2.24, 2.45) is 0 Å². The number of pyridine rings is 1. The maximum atomic E-state index is 11.1. The van der Waals surface area contributed by atoms with Crippen LogP contribution in [0.15, 0.2) is 83.5 Å². The lowest BCUT2D eigenvalue weighted by Crippen LogP contribution is -1.96. The number of furan rings is 1. The molecular formula is C27H22N2O3. The van der Waals surface area contributed by atoms with E-state index < -0.39 is 5.97 Å². The molecule has 3 aromatic heterocycles. The van der Waals surface area contributed by atoms with Crippen LogP contribution in [0.5, 0.6) is 0 Å². The Bertz CT molecular complexity index is 1410. The molecule has 5 rings (SSSR count). The second-order valence-corrected chi connectivity index (χ2v) is 8.10. The molecule has 0 unspecified atom stereocenters. The molecule has 32 heavy (non-hydrogen) atoms. The minimum absolute atomic E-state index is 0.265. The monoisotopic (exact) mass is 422 g/mol. The van der Waals surface area contributed by atoms with E-state index in [9.17, 15) is 4.79 Å². The molecule has 5 aromatic rings. The zero-order chi connectivity index (χ0) is 22.2. The first-order valence-corrected chi connectivity index (χ1v) is 10.5. The van der Waals surface area contributed by atoms with Crippen molar-refractivity contribution < 1.29 is 14.3 Å². The number of para-hydroxylation sites is 1. The Kier molecular flexibility index (Phi) is 4.86. The zero-order valence-corrected chi connectivity index (χ0v) is 17.8. The second kappa shape index (κ2) is 7.85. The van der Waals surface area contributed by atoms with Crippen molar-refractivity contribution in [3.8, 4) is 34.0 Å². The Morgan fingerprint density at radius 3 is 2.44 bits per heavy atom. The van der Waals surface area contributed by atoms with Gasteiger partial charge in [0.25, 0.3) is 0 Å². The van der Waals surface area contributed by atoms with E-state index in [1.165, 1.54) is 5.56 Å². The Morgan fingerprint density at radius 2 is 1.75 bits per heavy atom. The number of rotatable bonds is 5. The largest absolute Gasteiger partial charge is 0.478 e. The molecule has 158 valence electrons. The van der Waals surface area contributed by atoms with Gasteiger partial charge in [-0.1, -0.05) is 44.2 Å². The number of nitrogens with one attached hydrogen (secondary N) is 1. The summed E-state index contributed by atoms with van der Waals surface area (Å²) < 4.78 is 5.74. The van der Waals surface area contributed by atoms with E-state index in [-0.39, 0.29) is 5.56 Å². The third-order valence-electron chi connectivity index (χ3n) is 5.68. The van der Waals surface area contributed by atoms with Gasteiger partial charge < -0.3 is 14.5 Å². The minimum Gasteiger partial charge on any atom is -0.478 e. The molecule has 0 saturated carbocycles. The zero-order valence-electron chi connectivity index (χ0n) is 17.8. The summed E-state index contributed by atoms with van der Waals surface area (Å²) in [5.41, 5.74) is 6.94. The highest BCUT2D eigenvalue weighted by Gasteiger charge is 2.16. The highest BCUT2D eigenvalue weighted by atomic mass is 16.4. The third kappa shape index (κ3) is 3.48. The summed E-state index contributed by atoms with van der Waals surface area (Å²) in [7, 11) is 0. The fraction of sp³-hybridized carbons (Fsp3) is 0.111. The van der Waals surface area contributed by atoms with Gasteiger partial charge in [-0.3, -0.25) is 0 Å². The standard InChI is InChI=1S/C27H22N2O3/c1-16(2)19-5-3-6-20-21(25-7-4-14-32-25)15-24(29-26(19)20)23-13-12-22(28-23)17-8-10-18(11-9-17)27(30)31/h3-16,28H,1-2H3,(H,30,31). The van der Waals surface area contributed by atoms with Crippen LogP contribution in [0.4, 0.5) is 0 Å². The molecule has 5 nitrogen and oxygen atoms in total. The Morgan fingerprint density at radius 1 is 0.969 bits per heavy atom. The van der Waals surface area contributed by atoms with Crippen molar-refractivity contribution in [1.82, 2.24) is 9.97 Å². The average molecular weight is 422 g/mol. The van der Waals surface area contributed by atoms with Crippen LogP contribution in [0.25, 0.3) is 44.9 Å². The number of carbonyl (C=O) groups is 1. The lowest BCUT2D eigenvalue weighted by atomic mass is 9.96. The molecule has 0 aliphatic rings. The number of aromatic amines is 1. The molecule has 0 atom stereocenters. The molecular weight excluding hydrogens is 400 g/mol. The summed E-state index contributed by atoms with van der Waals surface area (Å²) in [5, 5.41) is 10.2. The van der Waals surface area contributed by atoms with Crippen LogP contribution in [0.2, 0.25) is 0 Å². The van der Waals surface area contributed by atoms with Gasteiger partial charge in [0.2, 0.25) is 0 Å². The smallest absolute Gasteiger partial charge is 0.335 e. The molecule has 3 heterocycles. The van der Waals surface area contributed by atoms with E-state index in [2.05, 4.69) is 43.1 Å². The number of aromatic carboxylic acids is 1. The predicted molar refractivity (Wildman–Crippen MR) is 126 cm³/mol. The minimum atomic E-state index is -0.935. The third-order valence-corrected chi connectivity index (χ3v) is 5.68. The molecule has 0 bridgehead atoms. The van der Waals surface area contributed by atoms with Crippen molar-refractivity contribution in [3.63, 3.8) is 0 Å². The Balaban J connectivity index is 1.65. The van der Waals surface area contributed by atoms with Gasteiger partial charge in [0, 0.05) is 16.6 Å². The van der Waals surface area contributed by atoms with Gasteiger partial charge >= 0.3 is 5.97 Å². The summed E-state index contributed by atoms with van der Waals surface area (Å²) in [5.74, 6) is 0.198.